The highest BCUT2D eigenvalue weighted by atomic mass is 35.5. The topological polar surface area (TPSA) is 24.1 Å². The molecule has 0 bridgehead atoms. The summed E-state index contributed by atoms with van der Waals surface area (Å²) in [5.74, 6) is -0.372. The molecule has 1 aromatic rings. The van der Waals surface area contributed by atoms with E-state index < -0.39 is 0 Å². The van der Waals surface area contributed by atoms with Crippen molar-refractivity contribution in [2.75, 3.05) is 18.4 Å². The largest absolute Gasteiger partial charge is 0.383 e. The molecule has 1 aliphatic rings. The first-order valence-electron chi connectivity index (χ1n) is 5.68. The lowest BCUT2D eigenvalue weighted by atomic mass is 10.1. The molecule has 88 valence electrons. The highest BCUT2D eigenvalue weighted by Gasteiger charge is 2.11. The summed E-state index contributed by atoms with van der Waals surface area (Å²) in [6.45, 7) is 1.96. The van der Waals surface area contributed by atoms with Crippen LogP contribution in [-0.2, 0) is 0 Å². The third kappa shape index (κ3) is 3.09. The molecule has 1 heterocycles. The van der Waals surface area contributed by atoms with Crippen LogP contribution in [0.1, 0.15) is 19.3 Å². The fourth-order valence-corrected chi connectivity index (χ4v) is 2.13. The molecule has 1 atom stereocenters. The summed E-state index contributed by atoms with van der Waals surface area (Å²) >= 11 is 5.70. The highest BCUT2D eigenvalue weighted by molar-refractivity contribution is 6.31. The Labute approximate surface area is 100 Å². The van der Waals surface area contributed by atoms with Crippen molar-refractivity contribution in [3.8, 4) is 0 Å². The number of rotatable bonds is 3. The number of piperidine rings is 1. The number of benzene rings is 1. The first-order valence-corrected chi connectivity index (χ1v) is 6.06. The molecule has 4 heteroatoms. The molecule has 0 aliphatic carbocycles. The molecule has 1 aromatic carbocycles. The van der Waals surface area contributed by atoms with Crippen LogP contribution in [0.3, 0.4) is 0 Å². The molecule has 0 spiro atoms. The molecule has 0 saturated carbocycles. The van der Waals surface area contributed by atoms with Crippen molar-refractivity contribution in [1.29, 1.82) is 0 Å². The minimum absolute atomic E-state index is 0.168. The Balaban J connectivity index is 1.86. The molecule has 1 unspecified atom stereocenters. The third-order valence-corrected chi connectivity index (χ3v) is 3.17. The maximum Gasteiger partial charge on any atom is 0.141 e. The molecular formula is C12H16ClFN2. The van der Waals surface area contributed by atoms with E-state index in [4.69, 9.17) is 11.6 Å². The Kier molecular flexibility index (Phi) is 4.02. The predicted molar refractivity (Wildman–Crippen MR) is 65.5 cm³/mol. The number of hydrogen-bond donors (Lipinski definition) is 2. The lowest BCUT2D eigenvalue weighted by Gasteiger charge is -2.24. The van der Waals surface area contributed by atoms with Crippen molar-refractivity contribution >= 4 is 17.3 Å². The van der Waals surface area contributed by atoms with Gasteiger partial charge in [0.2, 0.25) is 0 Å². The average Bonchev–Trinajstić information content (AvgIpc) is 2.32. The third-order valence-electron chi connectivity index (χ3n) is 2.88. The van der Waals surface area contributed by atoms with E-state index in [1.807, 2.05) is 0 Å². The van der Waals surface area contributed by atoms with Crippen LogP contribution in [0.15, 0.2) is 18.2 Å². The fourth-order valence-electron chi connectivity index (χ4n) is 1.95. The zero-order chi connectivity index (χ0) is 11.4. The maximum atomic E-state index is 12.9. The molecule has 2 rings (SSSR count). The average molecular weight is 243 g/mol. The van der Waals surface area contributed by atoms with Gasteiger partial charge >= 0.3 is 0 Å². The number of halogens is 2. The summed E-state index contributed by atoms with van der Waals surface area (Å²) in [4.78, 5) is 0. The van der Waals surface area contributed by atoms with Gasteiger partial charge in [0.25, 0.3) is 0 Å². The van der Waals surface area contributed by atoms with Gasteiger partial charge in [0.1, 0.15) is 5.82 Å². The SMILES string of the molecule is Fc1ccc(NCC2CCCCN2)cc1Cl. The van der Waals surface area contributed by atoms with Gasteiger partial charge in [0.05, 0.1) is 5.02 Å². The summed E-state index contributed by atoms with van der Waals surface area (Å²) in [5, 5.41) is 6.88. The van der Waals surface area contributed by atoms with Gasteiger partial charge in [0, 0.05) is 18.3 Å². The Morgan fingerprint density at radius 1 is 1.44 bits per heavy atom. The van der Waals surface area contributed by atoms with Crippen LogP contribution >= 0.6 is 11.6 Å². The van der Waals surface area contributed by atoms with E-state index in [1.165, 1.54) is 25.3 Å². The monoisotopic (exact) mass is 242 g/mol. The van der Waals surface area contributed by atoms with E-state index in [1.54, 1.807) is 12.1 Å². The van der Waals surface area contributed by atoms with Crippen molar-refractivity contribution in [2.24, 2.45) is 0 Å². The van der Waals surface area contributed by atoms with Crippen LogP contribution in [0.4, 0.5) is 10.1 Å². The van der Waals surface area contributed by atoms with E-state index in [0.717, 1.165) is 18.8 Å². The molecule has 1 fully saturated rings. The van der Waals surface area contributed by atoms with Crippen LogP contribution in [0, 0.1) is 5.82 Å². The zero-order valence-electron chi connectivity index (χ0n) is 9.10. The molecule has 2 nitrogen and oxygen atoms in total. The van der Waals surface area contributed by atoms with E-state index in [0.29, 0.717) is 6.04 Å². The standard InChI is InChI=1S/C12H16ClFN2/c13-11-7-9(4-5-12(11)14)16-8-10-3-1-2-6-15-10/h4-5,7,10,15-16H,1-3,6,8H2. The van der Waals surface area contributed by atoms with Crippen LogP contribution in [0.2, 0.25) is 5.02 Å². The molecule has 1 saturated heterocycles. The second-order valence-corrected chi connectivity index (χ2v) is 4.56. The van der Waals surface area contributed by atoms with Crippen molar-refractivity contribution in [1.82, 2.24) is 5.32 Å². The van der Waals surface area contributed by atoms with Gasteiger partial charge < -0.3 is 10.6 Å². The Morgan fingerprint density at radius 3 is 3.00 bits per heavy atom. The summed E-state index contributed by atoms with van der Waals surface area (Å²) < 4.78 is 12.9. The molecule has 0 aromatic heterocycles. The van der Waals surface area contributed by atoms with Gasteiger partial charge in [-0.1, -0.05) is 18.0 Å². The van der Waals surface area contributed by atoms with Crippen molar-refractivity contribution in [2.45, 2.75) is 25.3 Å². The lowest BCUT2D eigenvalue weighted by Crippen LogP contribution is -2.39. The van der Waals surface area contributed by atoms with Gasteiger partial charge in [-0.3, -0.25) is 0 Å². The van der Waals surface area contributed by atoms with E-state index in [2.05, 4.69) is 10.6 Å². The Hall–Kier alpha value is -0.800. The van der Waals surface area contributed by atoms with Gasteiger partial charge in [-0.2, -0.15) is 0 Å². The second kappa shape index (κ2) is 5.51. The van der Waals surface area contributed by atoms with E-state index >= 15 is 0 Å². The van der Waals surface area contributed by atoms with E-state index in [-0.39, 0.29) is 10.8 Å². The molecule has 2 N–H and O–H groups in total. The maximum absolute atomic E-state index is 12.9. The molecule has 16 heavy (non-hydrogen) atoms. The van der Waals surface area contributed by atoms with Gasteiger partial charge in [0.15, 0.2) is 0 Å². The Morgan fingerprint density at radius 2 is 2.31 bits per heavy atom. The first kappa shape index (κ1) is 11.7. The van der Waals surface area contributed by atoms with Crippen molar-refractivity contribution < 1.29 is 4.39 Å². The summed E-state index contributed by atoms with van der Waals surface area (Å²) in [6, 6.07) is 5.24. The number of hydrogen-bond acceptors (Lipinski definition) is 2. The van der Waals surface area contributed by atoms with Crippen LogP contribution in [-0.4, -0.2) is 19.1 Å². The fraction of sp³-hybridized carbons (Fsp3) is 0.500. The van der Waals surface area contributed by atoms with Crippen LogP contribution in [0.5, 0.6) is 0 Å². The van der Waals surface area contributed by atoms with Gasteiger partial charge in [-0.15, -0.1) is 0 Å². The minimum Gasteiger partial charge on any atom is -0.383 e. The summed E-state index contributed by atoms with van der Waals surface area (Å²) in [7, 11) is 0. The van der Waals surface area contributed by atoms with Crippen LogP contribution in [0.25, 0.3) is 0 Å². The summed E-state index contributed by atoms with van der Waals surface area (Å²) in [6.07, 6.45) is 3.74. The molecular weight excluding hydrogens is 227 g/mol. The van der Waals surface area contributed by atoms with Gasteiger partial charge in [-0.25, -0.2) is 4.39 Å². The number of anilines is 1. The van der Waals surface area contributed by atoms with E-state index in [9.17, 15) is 4.39 Å². The van der Waals surface area contributed by atoms with Crippen LogP contribution < -0.4 is 10.6 Å². The quantitative estimate of drug-likeness (QED) is 0.852. The number of nitrogens with one attached hydrogen (secondary N) is 2. The molecule has 1 aliphatic heterocycles. The van der Waals surface area contributed by atoms with Gasteiger partial charge in [-0.05, 0) is 37.6 Å². The predicted octanol–water partition coefficient (Wildman–Crippen LogP) is 3.03. The zero-order valence-corrected chi connectivity index (χ0v) is 9.86. The normalized spacial score (nSPS) is 20.8. The smallest absolute Gasteiger partial charge is 0.141 e. The lowest BCUT2D eigenvalue weighted by molar-refractivity contribution is 0.414. The first-order chi connectivity index (χ1) is 7.75. The summed E-state index contributed by atoms with van der Waals surface area (Å²) in [5.41, 5.74) is 0.874. The molecule has 0 amide bonds. The van der Waals surface area contributed by atoms with Crippen molar-refractivity contribution in [3.05, 3.63) is 29.0 Å². The van der Waals surface area contributed by atoms with Crippen molar-refractivity contribution in [3.63, 3.8) is 0 Å². The molecule has 0 radical (unpaired) electrons. The minimum atomic E-state index is -0.372. The second-order valence-electron chi connectivity index (χ2n) is 4.16. The highest BCUT2D eigenvalue weighted by Crippen LogP contribution is 2.19. The Bertz CT molecular complexity index is 351.